The summed E-state index contributed by atoms with van der Waals surface area (Å²) in [6.45, 7) is 4.90. The number of ether oxygens (including phenoxy) is 1. The zero-order valence-electron chi connectivity index (χ0n) is 29.9. The Labute approximate surface area is 298 Å². The van der Waals surface area contributed by atoms with Crippen LogP contribution in [0.15, 0.2) is 60.7 Å². The summed E-state index contributed by atoms with van der Waals surface area (Å²) in [6, 6.07) is 15.7. The van der Waals surface area contributed by atoms with E-state index in [1.54, 1.807) is 42.5 Å². The molecule has 0 heterocycles. The van der Waals surface area contributed by atoms with Crippen LogP contribution in [0.3, 0.4) is 0 Å². The summed E-state index contributed by atoms with van der Waals surface area (Å²) in [5.41, 5.74) is 1.21. The largest absolute Gasteiger partial charge is 0.491 e. The molecule has 3 aromatic carbocycles. The molecule has 1 nitrogen and oxygen atoms in total. The van der Waals surface area contributed by atoms with Crippen molar-refractivity contribution in [2.45, 2.75) is 129 Å². The topological polar surface area (TPSA) is 9.23 Å². The Morgan fingerprint density at radius 3 is 1.58 bits per heavy atom. The number of halogens is 4. The highest BCUT2D eigenvalue weighted by atomic mass is 19.4. The summed E-state index contributed by atoms with van der Waals surface area (Å²) >= 11 is 0. The molecule has 5 heteroatoms. The van der Waals surface area contributed by atoms with Gasteiger partial charge in [-0.1, -0.05) is 139 Å². The van der Waals surface area contributed by atoms with Crippen LogP contribution < -0.4 is 4.74 Å². The van der Waals surface area contributed by atoms with E-state index in [0.717, 1.165) is 31.7 Å². The molecule has 266 valence electrons. The first-order valence-electron chi connectivity index (χ1n) is 18.6. The molecule has 50 heavy (non-hydrogen) atoms. The number of hydrogen-bond donors (Lipinski definition) is 0. The van der Waals surface area contributed by atoms with Gasteiger partial charge in [0.15, 0.2) is 11.6 Å². The van der Waals surface area contributed by atoms with Crippen molar-refractivity contribution in [2.75, 3.05) is 6.61 Å². The molecular weight excluding hydrogens is 632 g/mol. The summed E-state index contributed by atoms with van der Waals surface area (Å²) < 4.78 is 61.9. The van der Waals surface area contributed by atoms with E-state index in [4.69, 9.17) is 4.74 Å². The number of benzene rings is 3. The molecule has 0 saturated carbocycles. The average Bonchev–Trinajstić information content (AvgIpc) is 3.11. The van der Waals surface area contributed by atoms with E-state index in [1.807, 2.05) is 0 Å². The highest BCUT2D eigenvalue weighted by Crippen LogP contribution is 2.32. The van der Waals surface area contributed by atoms with Gasteiger partial charge in [0.25, 0.3) is 0 Å². The lowest BCUT2D eigenvalue weighted by Gasteiger charge is -2.09. The van der Waals surface area contributed by atoms with E-state index in [-0.39, 0.29) is 11.3 Å². The van der Waals surface area contributed by atoms with Gasteiger partial charge < -0.3 is 4.74 Å². The van der Waals surface area contributed by atoms with Gasteiger partial charge in [-0.25, -0.2) is 4.39 Å². The molecule has 0 bridgehead atoms. The number of hydrogen-bond acceptors (Lipinski definition) is 1. The van der Waals surface area contributed by atoms with Crippen molar-refractivity contribution in [3.8, 4) is 41.3 Å². The third kappa shape index (κ3) is 16.0. The molecule has 0 aliphatic carbocycles. The van der Waals surface area contributed by atoms with E-state index in [2.05, 4.69) is 49.4 Å². The van der Waals surface area contributed by atoms with Crippen molar-refractivity contribution in [3.63, 3.8) is 0 Å². The first kappa shape index (κ1) is 40.3. The van der Waals surface area contributed by atoms with Crippen LogP contribution >= 0.6 is 0 Å². The lowest BCUT2D eigenvalue weighted by molar-refractivity contribution is -0.137. The second kappa shape index (κ2) is 23.3. The Morgan fingerprint density at radius 1 is 0.520 bits per heavy atom. The standard InChI is InChI=1S/C45H52F4O/c1-3-5-7-9-11-13-14-16-18-20-34-50-44-33-30-40(36-43(44)46)27-26-37-22-24-38(25-23-37)28-31-41-32-29-39(35-42(41)45(47,48)49)21-19-17-15-12-10-8-6-4-2/h22-25,29-30,32-33,35-36H,3-18,20,34H2,1-2H3. The number of alkyl halides is 3. The molecule has 0 unspecified atom stereocenters. The van der Waals surface area contributed by atoms with Gasteiger partial charge in [-0.3, -0.25) is 0 Å². The fraction of sp³-hybridized carbons (Fsp3) is 0.467. The summed E-state index contributed by atoms with van der Waals surface area (Å²) in [5.74, 6) is 17.2. The van der Waals surface area contributed by atoms with E-state index < -0.39 is 17.6 Å². The minimum absolute atomic E-state index is 0.0965. The van der Waals surface area contributed by atoms with Crippen molar-refractivity contribution in [3.05, 3.63) is 99.9 Å². The molecule has 3 aromatic rings. The molecule has 0 aromatic heterocycles. The predicted molar refractivity (Wildman–Crippen MR) is 198 cm³/mol. The van der Waals surface area contributed by atoms with Crippen LogP contribution in [0.4, 0.5) is 17.6 Å². The van der Waals surface area contributed by atoms with Crippen molar-refractivity contribution < 1.29 is 22.3 Å². The Morgan fingerprint density at radius 2 is 1.00 bits per heavy atom. The lowest BCUT2D eigenvalue weighted by atomic mass is 10.0. The Kier molecular flexibility index (Phi) is 18.8. The van der Waals surface area contributed by atoms with Gasteiger partial charge in [0.05, 0.1) is 12.2 Å². The fourth-order valence-electron chi connectivity index (χ4n) is 5.51. The van der Waals surface area contributed by atoms with Crippen molar-refractivity contribution in [1.82, 2.24) is 0 Å². The van der Waals surface area contributed by atoms with E-state index in [0.29, 0.717) is 35.3 Å². The van der Waals surface area contributed by atoms with Gasteiger partial charge in [0.2, 0.25) is 0 Å². The number of rotatable bonds is 18. The monoisotopic (exact) mass is 684 g/mol. The molecule has 0 saturated heterocycles. The Balaban J connectivity index is 1.49. The molecular formula is C45H52F4O. The van der Waals surface area contributed by atoms with Gasteiger partial charge in [-0.15, -0.1) is 0 Å². The van der Waals surface area contributed by atoms with Gasteiger partial charge in [0, 0.05) is 34.2 Å². The van der Waals surface area contributed by atoms with E-state index in [9.17, 15) is 17.6 Å². The second-order valence-electron chi connectivity index (χ2n) is 12.8. The molecule has 0 amide bonds. The van der Waals surface area contributed by atoms with Crippen LogP contribution in [0, 0.1) is 41.3 Å². The molecule has 0 fully saturated rings. The SMILES string of the molecule is CCCCCCCCC#Cc1ccc(C#Cc2ccc(C#Cc3ccc(OCCCCCCCCCCCC)c(F)c3)cc2)c(C(F)(F)F)c1. The summed E-state index contributed by atoms with van der Waals surface area (Å²) in [4.78, 5) is 0. The third-order valence-electron chi connectivity index (χ3n) is 8.48. The number of unbranched alkanes of at least 4 members (excludes halogenated alkanes) is 15. The Bertz CT molecular complexity index is 1620. The molecule has 0 spiro atoms. The average molecular weight is 685 g/mol. The van der Waals surface area contributed by atoms with Crippen LogP contribution in [-0.4, -0.2) is 6.61 Å². The highest BCUT2D eigenvalue weighted by molar-refractivity contribution is 5.52. The normalized spacial score (nSPS) is 10.8. The van der Waals surface area contributed by atoms with Gasteiger partial charge in [0.1, 0.15) is 0 Å². The maximum atomic E-state index is 14.6. The molecule has 0 aliphatic rings. The minimum Gasteiger partial charge on any atom is -0.491 e. The van der Waals surface area contributed by atoms with Crippen molar-refractivity contribution in [2.24, 2.45) is 0 Å². The maximum Gasteiger partial charge on any atom is 0.417 e. The molecule has 0 aliphatic heterocycles. The van der Waals surface area contributed by atoms with Crippen LogP contribution in [0.1, 0.15) is 156 Å². The lowest BCUT2D eigenvalue weighted by Crippen LogP contribution is -2.08. The molecule has 0 atom stereocenters. The van der Waals surface area contributed by atoms with Crippen molar-refractivity contribution >= 4 is 0 Å². The Hall–Kier alpha value is -4.14. The van der Waals surface area contributed by atoms with Crippen molar-refractivity contribution in [1.29, 1.82) is 0 Å². The van der Waals surface area contributed by atoms with E-state index >= 15 is 0 Å². The van der Waals surface area contributed by atoms with Gasteiger partial charge in [-0.05, 0) is 73.5 Å². The van der Waals surface area contributed by atoms with E-state index in [1.165, 1.54) is 89.2 Å². The summed E-state index contributed by atoms with van der Waals surface area (Å²) in [5, 5.41) is 0. The van der Waals surface area contributed by atoms with Crippen LogP contribution in [0.5, 0.6) is 5.75 Å². The highest BCUT2D eigenvalue weighted by Gasteiger charge is 2.33. The van der Waals surface area contributed by atoms with Crippen LogP contribution in [0.25, 0.3) is 0 Å². The molecule has 0 N–H and O–H groups in total. The summed E-state index contributed by atoms with van der Waals surface area (Å²) in [6.07, 6.45) is 15.3. The first-order chi connectivity index (χ1) is 24.3. The quantitative estimate of drug-likeness (QED) is 0.0736. The van der Waals surface area contributed by atoms with Crippen LogP contribution in [0.2, 0.25) is 0 Å². The van der Waals surface area contributed by atoms with Crippen LogP contribution in [-0.2, 0) is 6.18 Å². The first-order valence-corrected chi connectivity index (χ1v) is 18.6. The van der Waals surface area contributed by atoms with Gasteiger partial charge in [-0.2, -0.15) is 13.2 Å². The van der Waals surface area contributed by atoms with Gasteiger partial charge >= 0.3 is 6.18 Å². The predicted octanol–water partition coefficient (Wildman–Crippen LogP) is 13.0. The molecule has 3 rings (SSSR count). The fourth-order valence-corrected chi connectivity index (χ4v) is 5.51. The maximum absolute atomic E-state index is 14.6. The smallest absolute Gasteiger partial charge is 0.417 e. The second-order valence-corrected chi connectivity index (χ2v) is 12.8. The minimum atomic E-state index is -4.54. The zero-order chi connectivity index (χ0) is 35.9. The zero-order valence-corrected chi connectivity index (χ0v) is 29.9. The third-order valence-corrected chi connectivity index (χ3v) is 8.48. The summed E-state index contributed by atoms with van der Waals surface area (Å²) in [7, 11) is 0. The molecule has 0 radical (unpaired) electrons.